The third-order valence-electron chi connectivity index (χ3n) is 3.17. The molecule has 0 radical (unpaired) electrons. The van der Waals surface area contributed by atoms with E-state index in [-0.39, 0.29) is 19.0 Å². The van der Waals surface area contributed by atoms with Gasteiger partial charge in [0.05, 0.1) is 6.42 Å². The molecule has 0 saturated heterocycles. The van der Waals surface area contributed by atoms with E-state index in [1.54, 1.807) is 0 Å². The van der Waals surface area contributed by atoms with Gasteiger partial charge in [-0.3, -0.25) is 4.79 Å². The summed E-state index contributed by atoms with van der Waals surface area (Å²) in [5.41, 5.74) is 1.18. The Morgan fingerprint density at radius 1 is 1.10 bits per heavy atom. The van der Waals surface area contributed by atoms with Crippen LogP contribution in [0.1, 0.15) is 12.8 Å². The Kier molecular flexibility index (Phi) is 5.20. The van der Waals surface area contributed by atoms with Gasteiger partial charge in [-0.25, -0.2) is 4.79 Å². The number of fused-ring (bicyclic) bond motifs is 1. The summed E-state index contributed by atoms with van der Waals surface area (Å²) < 4.78 is 2.15. The summed E-state index contributed by atoms with van der Waals surface area (Å²) in [5, 5.41) is 14.9. The smallest absolute Gasteiger partial charge is 0.314 e. The van der Waals surface area contributed by atoms with Crippen LogP contribution in [-0.2, 0) is 11.3 Å². The molecule has 0 saturated carbocycles. The van der Waals surface area contributed by atoms with Gasteiger partial charge in [0.25, 0.3) is 0 Å². The fourth-order valence-electron chi connectivity index (χ4n) is 2.13. The summed E-state index contributed by atoms with van der Waals surface area (Å²) in [5.74, 6) is -0.921. The molecule has 0 aliphatic heterocycles. The first-order chi connectivity index (χ1) is 10.2. The Bertz CT molecular complexity index is 621. The molecular weight excluding hydrogens is 270 g/mol. The van der Waals surface area contributed by atoms with Crippen molar-refractivity contribution in [1.82, 2.24) is 15.2 Å². The van der Waals surface area contributed by atoms with Crippen molar-refractivity contribution in [2.24, 2.45) is 0 Å². The van der Waals surface area contributed by atoms with E-state index in [9.17, 15) is 9.59 Å². The average molecular weight is 289 g/mol. The van der Waals surface area contributed by atoms with Gasteiger partial charge < -0.3 is 20.3 Å². The number of nitrogens with zero attached hydrogens (tertiary/aromatic N) is 1. The minimum atomic E-state index is -0.921. The van der Waals surface area contributed by atoms with Crippen LogP contribution in [0, 0.1) is 0 Å². The second-order valence-electron chi connectivity index (χ2n) is 4.75. The van der Waals surface area contributed by atoms with Crippen LogP contribution in [-0.4, -0.2) is 34.8 Å². The van der Waals surface area contributed by atoms with Gasteiger partial charge in [-0.2, -0.15) is 0 Å². The van der Waals surface area contributed by atoms with Crippen molar-refractivity contribution in [3.05, 3.63) is 36.5 Å². The van der Waals surface area contributed by atoms with Crippen molar-refractivity contribution in [1.29, 1.82) is 0 Å². The number of rotatable bonds is 7. The lowest BCUT2D eigenvalue weighted by Crippen LogP contribution is -2.37. The predicted octanol–water partition coefficient (Wildman–Crippen LogP) is 1.81. The second-order valence-corrected chi connectivity index (χ2v) is 4.75. The molecule has 1 aromatic carbocycles. The first-order valence-corrected chi connectivity index (χ1v) is 6.94. The highest BCUT2D eigenvalue weighted by Gasteiger charge is 2.02. The maximum Gasteiger partial charge on any atom is 0.314 e. The molecular formula is C15H19N3O3. The summed E-state index contributed by atoms with van der Waals surface area (Å²) in [4.78, 5) is 21.7. The molecule has 1 aromatic heterocycles. The molecule has 0 aliphatic carbocycles. The third kappa shape index (κ3) is 4.52. The number of para-hydroxylation sites is 1. The Labute approximate surface area is 122 Å². The zero-order valence-corrected chi connectivity index (χ0v) is 11.7. The minimum Gasteiger partial charge on any atom is -0.481 e. The third-order valence-corrected chi connectivity index (χ3v) is 3.17. The van der Waals surface area contributed by atoms with Gasteiger partial charge in [0.1, 0.15) is 0 Å². The van der Waals surface area contributed by atoms with Gasteiger partial charge in [0.15, 0.2) is 0 Å². The number of aliphatic carboxylic acids is 1. The Balaban J connectivity index is 1.68. The van der Waals surface area contributed by atoms with Crippen molar-refractivity contribution in [3.63, 3.8) is 0 Å². The molecule has 0 aliphatic rings. The molecule has 2 rings (SSSR count). The van der Waals surface area contributed by atoms with Crippen LogP contribution >= 0.6 is 0 Å². The molecule has 0 bridgehead atoms. The number of aromatic nitrogens is 1. The molecule has 2 amide bonds. The summed E-state index contributed by atoms with van der Waals surface area (Å²) >= 11 is 0. The summed E-state index contributed by atoms with van der Waals surface area (Å²) in [7, 11) is 0. The van der Waals surface area contributed by atoms with Crippen molar-refractivity contribution < 1.29 is 14.7 Å². The van der Waals surface area contributed by atoms with E-state index < -0.39 is 5.97 Å². The molecule has 112 valence electrons. The molecule has 0 fully saturated rings. The van der Waals surface area contributed by atoms with Crippen LogP contribution in [0.2, 0.25) is 0 Å². The molecule has 1 heterocycles. The average Bonchev–Trinajstić information content (AvgIpc) is 2.86. The number of nitrogens with one attached hydrogen (secondary N) is 2. The van der Waals surface area contributed by atoms with Gasteiger partial charge in [0.2, 0.25) is 0 Å². The standard InChI is InChI=1S/C15H19N3O3/c19-14(20)6-9-17-15(21)16-8-3-10-18-11-7-12-4-1-2-5-13(12)18/h1-2,4-5,7,11H,3,6,8-10H2,(H,19,20)(H2,16,17,21). The number of carboxylic acids is 1. The zero-order chi connectivity index (χ0) is 15.1. The Morgan fingerprint density at radius 2 is 1.86 bits per heavy atom. The quantitative estimate of drug-likeness (QED) is 0.680. The number of aryl methyl sites for hydroxylation is 1. The SMILES string of the molecule is O=C(O)CCNC(=O)NCCCn1ccc2ccccc21. The van der Waals surface area contributed by atoms with E-state index >= 15 is 0 Å². The van der Waals surface area contributed by atoms with Crippen LogP contribution in [0.5, 0.6) is 0 Å². The molecule has 0 spiro atoms. The number of hydrogen-bond acceptors (Lipinski definition) is 2. The van der Waals surface area contributed by atoms with E-state index in [0.29, 0.717) is 6.54 Å². The molecule has 0 atom stereocenters. The van der Waals surface area contributed by atoms with Crippen molar-refractivity contribution >= 4 is 22.9 Å². The molecule has 21 heavy (non-hydrogen) atoms. The number of urea groups is 1. The summed E-state index contributed by atoms with van der Waals surface area (Å²) in [6.45, 7) is 1.51. The van der Waals surface area contributed by atoms with E-state index in [1.165, 1.54) is 10.9 Å². The van der Waals surface area contributed by atoms with E-state index in [0.717, 1.165) is 13.0 Å². The Morgan fingerprint density at radius 3 is 2.67 bits per heavy atom. The van der Waals surface area contributed by atoms with E-state index in [4.69, 9.17) is 5.11 Å². The molecule has 6 nitrogen and oxygen atoms in total. The molecule has 2 aromatic rings. The monoisotopic (exact) mass is 289 g/mol. The number of carbonyl (C=O) groups excluding carboxylic acids is 1. The lowest BCUT2D eigenvalue weighted by atomic mass is 10.2. The van der Waals surface area contributed by atoms with Crippen LogP contribution < -0.4 is 10.6 Å². The van der Waals surface area contributed by atoms with Crippen LogP contribution in [0.25, 0.3) is 10.9 Å². The van der Waals surface area contributed by atoms with Crippen LogP contribution in [0.4, 0.5) is 4.79 Å². The van der Waals surface area contributed by atoms with Gasteiger partial charge in [-0.15, -0.1) is 0 Å². The molecule has 0 unspecified atom stereocenters. The van der Waals surface area contributed by atoms with Gasteiger partial charge >= 0.3 is 12.0 Å². The zero-order valence-electron chi connectivity index (χ0n) is 11.7. The fourth-order valence-corrected chi connectivity index (χ4v) is 2.13. The highest BCUT2D eigenvalue weighted by Crippen LogP contribution is 2.14. The highest BCUT2D eigenvalue weighted by molar-refractivity contribution is 5.79. The lowest BCUT2D eigenvalue weighted by molar-refractivity contribution is -0.136. The van der Waals surface area contributed by atoms with Gasteiger partial charge in [-0.1, -0.05) is 18.2 Å². The van der Waals surface area contributed by atoms with Crippen LogP contribution in [0.15, 0.2) is 36.5 Å². The number of hydrogen-bond donors (Lipinski definition) is 3. The normalized spacial score (nSPS) is 10.5. The summed E-state index contributed by atoms with van der Waals surface area (Å²) in [6.07, 6.45) is 2.78. The minimum absolute atomic E-state index is 0.0667. The second kappa shape index (κ2) is 7.33. The van der Waals surface area contributed by atoms with Crippen molar-refractivity contribution in [3.8, 4) is 0 Å². The van der Waals surface area contributed by atoms with Gasteiger partial charge in [-0.05, 0) is 23.9 Å². The first kappa shape index (κ1) is 14.9. The maximum atomic E-state index is 11.4. The maximum absolute atomic E-state index is 11.4. The summed E-state index contributed by atoms with van der Waals surface area (Å²) in [6, 6.07) is 9.90. The number of amides is 2. The Hall–Kier alpha value is -2.50. The molecule has 3 N–H and O–H groups in total. The largest absolute Gasteiger partial charge is 0.481 e. The topological polar surface area (TPSA) is 83.4 Å². The predicted molar refractivity (Wildman–Crippen MR) is 80.2 cm³/mol. The number of benzene rings is 1. The highest BCUT2D eigenvalue weighted by atomic mass is 16.4. The van der Waals surface area contributed by atoms with Crippen LogP contribution in [0.3, 0.4) is 0 Å². The van der Waals surface area contributed by atoms with Crippen molar-refractivity contribution in [2.45, 2.75) is 19.4 Å². The van der Waals surface area contributed by atoms with Crippen molar-refractivity contribution in [2.75, 3.05) is 13.1 Å². The first-order valence-electron chi connectivity index (χ1n) is 6.94. The number of carbonyl (C=O) groups is 2. The number of carboxylic acid groups (broad SMARTS) is 1. The van der Waals surface area contributed by atoms with E-state index in [2.05, 4.69) is 33.4 Å². The molecule has 6 heteroatoms. The van der Waals surface area contributed by atoms with Gasteiger partial charge in [0, 0.05) is 31.3 Å². The van der Waals surface area contributed by atoms with E-state index in [1.807, 2.05) is 18.3 Å². The lowest BCUT2D eigenvalue weighted by Gasteiger charge is -2.08. The fraction of sp³-hybridized carbons (Fsp3) is 0.333.